The minimum absolute atomic E-state index is 0.0558. The van der Waals surface area contributed by atoms with Crippen LogP contribution in [0.3, 0.4) is 0 Å². The lowest BCUT2D eigenvalue weighted by molar-refractivity contribution is 0.0944. The number of thiophene rings is 1. The van der Waals surface area contributed by atoms with E-state index in [-0.39, 0.29) is 17.2 Å². The van der Waals surface area contributed by atoms with Crippen LogP contribution in [0.1, 0.15) is 27.3 Å². The fourth-order valence-electron chi connectivity index (χ4n) is 2.20. The standard InChI is InChI=1S/C17H16N4O4S/c22-15-11(4-1-6-18-15)16(23)19-7-3-8-20-17(24)12-10-13(25-21-12)14-5-2-9-26-14/h1-2,4-6,9-10H,3,7-8H2,(H,18,22)(H,19,23)(H,20,24). The molecule has 0 saturated carbocycles. The predicted octanol–water partition coefficient (Wildman–Crippen LogP) is 1.64. The molecule has 2 amide bonds. The molecular weight excluding hydrogens is 356 g/mol. The highest BCUT2D eigenvalue weighted by Gasteiger charge is 2.14. The van der Waals surface area contributed by atoms with Gasteiger partial charge in [-0.2, -0.15) is 0 Å². The third-order valence-corrected chi connectivity index (χ3v) is 4.38. The lowest BCUT2D eigenvalue weighted by Crippen LogP contribution is -2.32. The molecule has 134 valence electrons. The van der Waals surface area contributed by atoms with E-state index in [0.717, 1.165) is 4.88 Å². The molecule has 0 saturated heterocycles. The van der Waals surface area contributed by atoms with Crippen molar-refractivity contribution in [3.63, 3.8) is 0 Å². The number of rotatable bonds is 7. The molecule has 3 heterocycles. The second-order valence-electron chi connectivity index (χ2n) is 5.33. The first-order chi connectivity index (χ1) is 12.6. The van der Waals surface area contributed by atoms with Gasteiger partial charge in [-0.15, -0.1) is 11.3 Å². The molecule has 0 atom stereocenters. The molecule has 0 aliphatic rings. The highest BCUT2D eigenvalue weighted by molar-refractivity contribution is 7.13. The molecule has 3 aromatic rings. The van der Waals surface area contributed by atoms with Gasteiger partial charge in [0.05, 0.1) is 4.88 Å². The normalized spacial score (nSPS) is 10.5. The van der Waals surface area contributed by atoms with Crippen LogP contribution in [0.5, 0.6) is 0 Å². The van der Waals surface area contributed by atoms with E-state index in [1.54, 1.807) is 12.1 Å². The van der Waals surface area contributed by atoms with Crippen LogP contribution in [0, 0.1) is 0 Å². The van der Waals surface area contributed by atoms with E-state index < -0.39 is 11.5 Å². The predicted molar refractivity (Wildman–Crippen MR) is 96.2 cm³/mol. The summed E-state index contributed by atoms with van der Waals surface area (Å²) in [5.41, 5.74) is -0.181. The van der Waals surface area contributed by atoms with Crippen molar-refractivity contribution in [1.29, 1.82) is 0 Å². The molecule has 0 aliphatic heterocycles. The molecule has 0 bridgehead atoms. The van der Waals surface area contributed by atoms with Crippen molar-refractivity contribution in [3.05, 3.63) is 63.5 Å². The maximum absolute atomic E-state index is 12.0. The molecular formula is C17H16N4O4S. The number of aromatic nitrogens is 2. The number of nitrogens with zero attached hydrogens (tertiary/aromatic N) is 1. The van der Waals surface area contributed by atoms with Gasteiger partial charge in [0, 0.05) is 25.4 Å². The van der Waals surface area contributed by atoms with Gasteiger partial charge in [-0.3, -0.25) is 14.4 Å². The maximum atomic E-state index is 12.0. The van der Waals surface area contributed by atoms with Gasteiger partial charge in [-0.25, -0.2) is 0 Å². The summed E-state index contributed by atoms with van der Waals surface area (Å²) in [7, 11) is 0. The smallest absolute Gasteiger partial charge is 0.273 e. The number of nitrogens with one attached hydrogen (secondary N) is 3. The zero-order chi connectivity index (χ0) is 18.4. The minimum Gasteiger partial charge on any atom is -0.355 e. The Balaban J connectivity index is 1.41. The Morgan fingerprint density at radius 3 is 2.69 bits per heavy atom. The quantitative estimate of drug-likeness (QED) is 0.545. The first-order valence-electron chi connectivity index (χ1n) is 7.90. The molecule has 0 aliphatic carbocycles. The average Bonchev–Trinajstić information content (AvgIpc) is 3.32. The van der Waals surface area contributed by atoms with E-state index in [1.165, 1.54) is 23.6 Å². The van der Waals surface area contributed by atoms with Crippen molar-refractivity contribution in [2.24, 2.45) is 0 Å². The highest BCUT2D eigenvalue weighted by atomic mass is 32.1. The van der Waals surface area contributed by atoms with Crippen LogP contribution in [0.25, 0.3) is 10.6 Å². The van der Waals surface area contributed by atoms with Gasteiger partial charge in [-0.1, -0.05) is 11.2 Å². The van der Waals surface area contributed by atoms with E-state index in [0.29, 0.717) is 25.3 Å². The van der Waals surface area contributed by atoms with Crippen LogP contribution in [-0.4, -0.2) is 35.0 Å². The van der Waals surface area contributed by atoms with E-state index in [4.69, 9.17) is 4.52 Å². The topological polar surface area (TPSA) is 117 Å². The minimum atomic E-state index is -0.449. The van der Waals surface area contributed by atoms with Crippen LogP contribution < -0.4 is 16.2 Å². The second-order valence-corrected chi connectivity index (χ2v) is 6.28. The van der Waals surface area contributed by atoms with Gasteiger partial charge in [0.25, 0.3) is 17.4 Å². The molecule has 0 fully saturated rings. The summed E-state index contributed by atoms with van der Waals surface area (Å²) in [5, 5.41) is 11.0. The molecule has 3 N–H and O–H groups in total. The van der Waals surface area contributed by atoms with Crippen LogP contribution in [0.2, 0.25) is 0 Å². The number of carbonyl (C=O) groups is 2. The molecule has 26 heavy (non-hydrogen) atoms. The molecule has 3 rings (SSSR count). The Morgan fingerprint density at radius 1 is 1.15 bits per heavy atom. The Morgan fingerprint density at radius 2 is 1.96 bits per heavy atom. The van der Waals surface area contributed by atoms with Gasteiger partial charge in [0.2, 0.25) is 0 Å². The lowest BCUT2D eigenvalue weighted by Gasteiger charge is -2.05. The molecule has 0 aromatic carbocycles. The van der Waals surface area contributed by atoms with Crippen LogP contribution >= 0.6 is 11.3 Å². The summed E-state index contributed by atoms with van der Waals surface area (Å²) in [6, 6.07) is 8.39. The first kappa shape index (κ1) is 17.6. The van der Waals surface area contributed by atoms with Crippen molar-refractivity contribution >= 4 is 23.2 Å². The van der Waals surface area contributed by atoms with Crippen molar-refractivity contribution in [2.45, 2.75) is 6.42 Å². The third-order valence-electron chi connectivity index (χ3n) is 3.49. The fraction of sp³-hybridized carbons (Fsp3) is 0.176. The zero-order valence-corrected chi connectivity index (χ0v) is 14.5. The van der Waals surface area contributed by atoms with Gasteiger partial charge >= 0.3 is 0 Å². The Labute approximate surface area is 152 Å². The average molecular weight is 372 g/mol. The first-order valence-corrected chi connectivity index (χ1v) is 8.78. The summed E-state index contributed by atoms with van der Waals surface area (Å²) >= 11 is 1.50. The fourth-order valence-corrected chi connectivity index (χ4v) is 2.87. The van der Waals surface area contributed by atoms with Crippen molar-refractivity contribution in [1.82, 2.24) is 20.8 Å². The van der Waals surface area contributed by atoms with Gasteiger partial charge in [0.15, 0.2) is 11.5 Å². The Bertz CT molecular complexity index is 946. The molecule has 0 spiro atoms. The van der Waals surface area contributed by atoms with Gasteiger partial charge < -0.3 is 20.1 Å². The number of carbonyl (C=O) groups excluding carboxylic acids is 2. The zero-order valence-electron chi connectivity index (χ0n) is 13.7. The monoisotopic (exact) mass is 372 g/mol. The number of aromatic amines is 1. The van der Waals surface area contributed by atoms with Crippen molar-refractivity contribution in [2.75, 3.05) is 13.1 Å². The molecule has 3 aromatic heterocycles. The Kier molecular flexibility index (Phi) is 5.59. The lowest BCUT2D eigenvalue weighted by atomic mass is 10.2. The summed E-state index contributed by atoms with van der Waals surface area (Å²) < 4.78 is 5.16. The highest BCUT2D eigenvalue weighted by Crippen LogP contribution is 2.24. The molecule has 9 heteroatoms. The third kappa shape index (κ3) is 4.25. The van der Waals surface area contributed by atoms with E-state index in [2.05, 4.69) is 20.8 Å². The second kappa shape index (κ2) is 8.26. The number of hydrogen-bond donors (Lipinski definition) is 3. The van der Waals surface area contributed by atoms with Crippen LogP contribution in [0.15, 0.2) is 51.2 Å². The van der Waals surface area contributed by atoms with Crippen molar-refractivity contribution in [3.8, 4) is 10.6 Å². The number of pyridine rings is 1. The summed E-state index contributed by atoms with van der Waals surface area (Å²) in [6.07, 6.45) is 1.97. The number of amides is 2. The van der Waals surface area contributed by atoms with E-state index in [9.17, 15) is 14.4 Å². The summed E-state index contributed by atoms with van der Waals surface area (Å²) in [6.45, 7) is 0.679. The summed E-state index contributed by atoms with van der Waals surface area (Å²) in [4.78, 5) is 38.7. The largest absolute Gasteiger partial charge is 0.355 e. The van der Waals surface area contributed by atoms with Gasteiger partial charge in [0.1, 0.15) is 5.56 Å². The maximum Gasteiger partial charge on any atom is 0.273 e. The Hall–Kier alpha value is -3.20. The summed E-state index contributed by atoms with van der Waals surface area (Å²) in [5.74, 6) is -0.247. The number of H-pyrrole nitrogens is 1. The molecule has 0 unspecified atom stereocenters. The molecule has 0 radical (unpaired) electrons. The number of hydrogen-bond acceptors (Lipinski definition) is 6. The van der Waals surface area contributed by atoms with E-state index >= 15 is 0 Å². The van der Waals surface area contributed by atoms with Crippen LogP contribution in [0.4, 0.5) is 0 Å². The van der Waals surface area contributed by atoms with Gasteiger partial charge in [-0.05, 0) is 30.0 Å². The van der Waals surface area contributed by atoms with Crippen molar-refractivity contribution < 1.29 is 14.1 Å². The van der Waals surface area contributed by atoms with E-state index in [1.807, 2.05) is 17.5 Å². The SMILES string of the molecule is O=C(NCCCNC(=O)c1ccc[nH]c1=O)c1cc(-c2cccs2)on1. The molecule has 8 nitrogen and oxygen atoms in total. The van der Waals surface area contributed by atoms with Crippen LogP contribution in [-0.2, 0) is 0 Å².